The third-order valence-electron chi connectivity index (χ3n) is 4.51. The summed E-state index contributed by atoms with van der Waals surface area (Å²) in [6.45, 7) is 1.93. The molecule has 118 valence electrons. The van der Waals surface area contributed by atoms with Gasteiger partial charge in [0.15, 0.2) is 0 Å². The van der Waals surface area contributed by atoms with Gasteiger partial charge in [0.25, 0.3) is 0 Å². The molecule has 0 aromatic rings. The maximum atomic E-state index is 10.9. The highest BCUT2D eigenvalue weighted by molar-refractivity contribution is 5.67. The fourth-order valence-electron chi connectivity index (χ4n) is 3.40. The lowest BCUT2D eigenvalue weighted by Crippen LogP contribution is -2.49. The van der Waals surface area contributed by atoms with Crippen molar-refractivity contribution in [2.75, 3.05) is 20.2 Å². The van der Waals surface area contributed by atoms with E-state index >= 15 is 0 Å². The molecule has 1 aliphatic heterocycles. The highest BCUT2D eigenvalue weighted by atomic mass is 16.7. The van der Waals surface area contributed by atoms with E-state index in [9.17, 15) is 4.79 Å². The Morgan fingerprint density at radius 3 is 2.50 bits per heavy atom. The zero-order chi connectivity index (χ0) is 13.7. The number of hydrogen-bond donors (Lipinski definition) is 2. The molecule has 0 radical (unpaired) electrons. The summed E-state index contributed by atoms with van der Waals surface area (Å²) in [5, 5.41) is 14.7. The highest BCUT2D eigenvalue weighted by Gasteiger charge is 2.29. The second-order valence-corrected chi connectivity index (χ2v) is 5.80. The minimum absolute atomic E-state index is 0. The van der Waals surface area contributed by atoms with Gasteiger partial charge in [0, 0.05) is 31.6 Å². The minimum atomic E-state index is -0.659. The van der Waals surface area contributed by atoms with Crippen LogP contribution in [0.3, 0.4) is 0 Å². The summed E-state index contributed by atoms with van der Waals surface area (Å²) in [5.41, 5.74) is 0. The topological polar surface area (TPSA) is 61.8 Å². The number of nitrogens with zero attached hydrogens (tertiary/aromatic N) is 1. The molecule has 2 fully saturated rings. The number of hydroxylamine groups is 2. The van der Waals surface area contributed by atoms with Crippen LogP contribution >= 0.6 is 0 Å². The van der Waals surface area contributed by atoms with Gasteiger partial charge in [0.1, 0.15) is 0 Å². The van der Waals surface area contributed by atoms with Gasteiger partial charge in [-0.15, -0.1) is 0 Å². The number of carboxylic acids is 1. The summed E-state index contributed by atoms with van der Waals surface area (Å²) in [5.74, 6) is -0.348. The van der Waals surface area contributed by atoms with Crippen molar-refractivity contribution in [1.29, 1.82) is 0 Å². The number of hydrogen-bond acceptors (Lipinski definition) is 4. The van der Waals surface area contributed by atoms with E-state index < -0.39 is 5.97 Å². The van der Waals surface area contributed by atoms with Gasteiger partial charge in [-0.25, -0.2) is 0 Å². The van der Waals surface area contributed by atoms with Crippen LogP contribution in [0.4, 0.5) is 0 Å². The van der Waals surface area contributed by atoms with Gasteiger partial charge in [-0.2, -0.15) is 5.06 Å². The van der Waals surface area contributed by atoms with Gasteiger partial charge in [-0.1, -0.05) is 20.3 Å². The van der Waals surface area contributed by atoms with Crippen LogP contribution in [0, 0.1) is 5.92 Å². The van der Waals surface area contributed by atoms with Gasteiger partial charge in [0.2, 0.25) is 0 Å². The second-order valence-electron chi connectivity index (χ2n) is 5.80. The molecule has 1 aliphatic carbocycles. The number of piperidine rings is 1. The number of carboxylic acid groups (broad SMARTS) is 1. The zero-order valence-electron chi connectivity index (χ0n) is 11.8. The molecule has 2 N–H and O–H groups in total. The van der Waals surface area contributed by atoms with Crippen molar-refractivity contribution >= 4 is 5.97 Å². The average molecular weight is 286 g/mol. The van der Waals surface area contributed by atoms with E-state index in [-0.39, 0.29) is 7.43 Å². The molecule has 0 spiro atoms. The van der Waals surface area contributed by atoms with Crippen molar-refractivity contribution in [2.45, 2.75) is 64.5 Å². The zero-order valence-corrected chi connectivity index (χ0v) is 11.8. The molecule has 2 aliphatic rings. The Labute approximate surface area is 122 Å². The van der Waals surface area contributed by atoms with Gasteiger partial charge in [-0.05, 0) is 31.6 Å². The van der Waals surface area contributed by atoms with Crippen molar-refractivity contribution in [2.24, 2.45) is 5.92 Å². The maximum absolute atomic E-state index is 10.9. The molecule has 2 rings (SSSR count). The molecular formula is C15H30N2O3. The molecule has 0 aromatic heterocycles. The Balaban J connectivity index is 0.00000200. The molecule has 5 nitrogen and oxygen atoms in total. The predicted octanol–water partition coefficient (Wildman–Crippen LogP) is 2.27. The Hall–Kier alpha value is -0.650. The molecule has 0 bridgehead atoms. The molecule has 5 heteroatoms. The summed E-state index contributed by atoms with van der Waals surface area (Å²) >= 11 is 0. The summed E-state index contributed by atoms with van der Waals surface area (Å²) in [6, 6.07) is 0.912. The van der Waals surface area contributed by atoms with Crippen molar-refractivity contribution in [3.63, 3.8) is 0 Å². The molecule has 20 heavy (non-hydrogen) atoms. The first-order valence-corrected chi connectivity index (χ1v) is 7.46. The average Bonchev–Trinajstić information content (AvgIpc) is 2.41. The van der Waals surface area contributed by atoms with Crippen LogP contribution in [-0.4, -0.2) is 48.4 Å². The van der Waals surface area contributed by atoms with Crippen LogP contribution in [0.5, 0.6) is 0 Å². The van der Waals surface area contributed by atoms with Crippen LogP contribution in [0.1, 0.15) is 52.4 Å². The van der Waals surface area contributed by atoms with Crippen LogP contribution in [-0.2, 0) is 9.63 Å². The van der Waals surface area contributed by atoms with Crippen molar-refractivity contribution in [3.05, 3.63) is 0 Å². The Bertz CT molecular complexity index is 291. The monoisotopic (exact) mass is 286 g/mol. The molecular weight excluding hydrogens is 256 g/mol. The SMILES string of the molecule is C.CON1CCC(NC2CCCC[C@@H]2CC(=O)O)CC1. The van der Waals surface area contributed by atoms with Gasteiger partial charge in [0.05, 0.1) is 7.11 Å². The fraction of sp³-hybridized carbons (Fsp3) is 0.933. The van der Waals surface area contributed by atoms with Crippen molar-refractivity contribution in [1.82, 2.24) is 10.4 Å². The van der Waals surface area contributed by atoms with Crippen LogP contribution in [0.25, 0.3) is 0 Å². The first-order chi connectivity index (χ1) is 9.19. The van der Waals surface area contributed by atoms with E-state index in [0.29, 0.717) is 24.4 Å². The number of aliphatic carboxylic acids is 1. The first kappa shape index (κ1) is 17.4. The molecule has 2 atom stereocenters. The lowest BCUT2D eigenvalue weighted by atomic mass is 9.81. The normalized spacial score (nSPS) is 28.9. The molecule has 0 amide bonds. The van der Waals surface area contributed by atoms with E-state index in [4.69, 9.17) is 9.94 Å². The van der Waals surface area contributed by atoms with E-state index in [1.54, 1.807) is 7.11 Å². The van der Waals surface area contributed by atoms with E-state index in [0.717, 1.165) is 38.8 Å². The summed E-state index contributed by atoms with van der Waals surface area (Å²) < 4.78 is 0. The van der Waals surface area contributed by atoms with E-state index in [2.05, 4.69) is 5.32 Å². The van der Waals surface area contributed by atoms with Crippen LogP contribution in [0.2, 0.25) is 0 Å². The second kappa shape index (κ2) is 8.60. The van der Waals surface area contributed by atoms with E-state index in [1.807, 2.05) is 5.06 Å². The van der Waals surface area contributed by atoms with Gasteiger partial charge >= 0.3 is 5.97 Å². The summed E-state index contributed by atoms with van der Waals surface area (Å²) in [6.07, 6.45) is 7.08. The Kier molecular flexibility index (Phi) is 7.48. The quantitative estimate of drug-likeness (QED) is 0.812. The molecule has 0 aromatic carbocycles. The minimum Gasteiger partial charge on any atom is -0.481 e. The maximum Gasteiger partial charge on any atom is 0.303 e. The molecule has 1 heterocycles. The molecule has 1 saturated heterocycles. The third-order valence-corrected chi connectivity index (χ3v) is 4.51. The number of nitrogens with one attached hydrogen (secondary N) is 1. The van der Waals surface area contributed by atoms with Crippen molar-refractivity contribution in [3.8, 4) is 0 Å². The van der Waals surface area contributed by atoms with Crippen LogP contribution < -0.4 is 5.32 Å². The standard InChI is InChI=1S/C14H26N2O3.CH4/c1-19-16-8-6-12(7-9-16)15-13-5-3-2-4-11(13)10-14(17)18;/h11-13,15H,2-10H2,1H3,(H,17,18);1H4/t11-,13?;/m1./s1. The molecule has 1 saturated carbocycles. The number of carbonyl (C=O) groups is 1. The smallest absolute Gasteiger partial charge is 0.303 e. The largest absolute Gasteiger partial charge is 0.481 e. The van der Waals surface area contributed by atoms with Crippen molar-refractivity contribution < 1.29 is 14.7 Å². The fourth-order valence-corrected chi connectivity index (χ4v) is 3.40. The van der Waals surface area contributed by atoms with Gasteiger partial charge in [-0.3, -0.25) is 4.79 Å². The van der Waals surface area contributed by atoms with Gasteiger partial charge < -0.3 is 15.3 Å². The summed E-state index contributed by atoms with van der Waals surface area (Å²) in [4.78, 5) is 16.2. The van der Waals surface area contributed by atoms with E-state index in [1.165, 1.54) is 12.8 Å². The highest BCUT2D eigenvalue weighted by Crippen LogP contribution is 2.28. The Morgan fingerprint density at radius 2 is 1.90 bits per heavy atom. The van der Waals surface area contributed by atoms with Crippen LogP contribution in [0.15, 0.2) is 0 Å². The third kappa shape index (κ3) is 5.04. The lowest BCUT2D eigenvalue weighted by Gasteiger charge is -2.37. The summed E-state index contributed by atoms with van der Waals surface area (Å²) in [7, 11) is 1.72. The number of rotatable bonds is 5. The lowest BCUT2D eigenvalue weighted by molar-refractivity contribution is -0.145. The first-order valence-electron chi connectivity index (χ1n) is 7.46. The molecule has 1 unspecified atom stereocenters. The predicted molar refractivity (Wildman–Crippen MR) is 79.5 cm³/mol. The Morgan fingerprint density at radius 1 is 1.25 bits per heavy atom.